The van der Waals surface area contributed by atoms with Crippen LogP contribution >= 0.6 is 0 Å². The molecule has 8 rings (SSSR count). The summed E-state index contributed by atoms with van der Waals surface area (Å²) < 4.78 is 2.26. The van der Waals surface area contributed by atoms with E-state index in [0.29, 0.717) is 0 Å². The Bertz CT molecular complexity index is 2150. The van der Waals surface area contributed by atoms with Crippen molar-refractivity contribution in [1.29, 1.82) is 0 Å². The SMILES string of the molecule is c1ccc(-c2nc(-c3ccc(-c4ccccn4)cc3)c(-n3c4ccccc4c4ccccc43)nc2-c2ccccc2)cc1. The van der Waals surface area contributed by atoms with E-state index >= 15 is 0 Å². The van der Waals surface area contributed by atoms with E-state index in [4.69, 9.17) is 9.97 Å². The molecule has 0 spiro atoms. The molecule has 0 unspecified atom stereocenters. The quantitative estimate of drug-likeness (QED) is 0.214. The highest BCUT2D eigenvalue weighted by Crippen LogP contribution is 2.39. The first-order valence-electron chi connectivity index (χ1n) is 14.4. The van der Waals surface area contributed by atoms with Crippen LogP contribution in [-0.2, 0) is 0 Å². The molecule has 0 saturated carbocycles. The number of rotatable bonds is 5. The third-order valence-corrected chi connectivity index (χ3v) is 7.88. The van der Waals surface area contributed by atoms with Gasteiger partial charge in [-0.05, 0) is 24.3 Å². The van der Waals surface area contributed by atoms with Crippen LogP contribution in [0.3, 0.4) is 0 Å². The Labute approximate surface area is 249 Å². The van der Waals surface area contributed by atoms with Crippen LogP contribution in [0.2, 0.25) is 0 Å². The Kier molecular flexibility index (Phi) is 6.08. The number of hydrogen-bond acceptors (Lipinski definition) is 3. The predicted octanol–water partition coefficient (Wildman–Crippen LogP) is 9.64. The molecule has 4 nitrogen and oxygen atoms in total. The van der Waals surface area contributed by atoms with Crippen molar-refractivity contribution in [3.8, 4) is 50.8 Å². The molecule has 5 aromatic carbocycles. The van der Waals surface area contributed by atoms with E-state index in [0.717, 1.165) is 61.9 Å². The smallest absolute Gasteiger partial charge is 0.165 e. The van der Waals surface area contributed by atoms with Gasteiger partial charge in [-0.15, -0.1) is 0 Å². The van der Waals surface area contributed by atoms with Gasteiger partial charge in [0, 0.05) is 39.2 Å². The Balaban J connectivity index is 1.46. The second-order valence-corrected chi connectivity index (χ2v) is 10.5. The summed E-state index contributed by atoms with van der Waals surface area (Å²) in [7, 11) is 0. The maximum absolute atomic E-state index is 5.51. The topological polar surface area (TPSA) is 43.6 Å². The van der Waals surface area contributed by atoms with E-state index in [1.165, 1.54) is 10.8 Å². The summed E-state index contributed by atoms with van der Waals surface area (Å²) in [4.78, 5) is 15.5. The second kappa shape index (κ2) is 10.5. The molecule has 8 aromatic rings. The van der Waals surface area contributed by atoms with Crippen LogP contribution in [0.15, 0.2) is 158 Å². The van der Waals surface area contributed by atoms with Gasteiger partial charge in [0.2, 0.25) is 0 Å². The predicted molar refractivity (Wildman–Crippen MR) is 176 cm³/mol. The van der Waals surface area contributed by atoms with Crippen LogP contribution in [0.4, 0.5) is 0 Å². The minimum atomic E-state index is 0.793. The van der Waals surface area contributed by atoms with Gasteiger partial charge in [-0.2, -0.15) is 0 Å². The van der Waals surface area contributed by atoms with Gasteiger partial charge in [-0.25, -0.2) is 9.97 Å². The third-order valence-electron chi connectivity index (χ3n) is 7.88. The summed E-state index contributed by atoms with van der Waals surface area (Å²) in [6.45, 7) is 0. The average Bonchev–Trinajstić information content (AvgIpc) is 3.43. The second-order valence-electron chi connectivity index (χ2n) is 10.5. The van der Waals surface area contributed by atoms with Crippen molar-refractivity contribution in [2.75, 3.05) is 0 Å². The number of fused-ring (bicyclic) bond motifs is 3. The zero-order chi connectivity index (χ0) is 28.6. The molecule has 0 aliphatic heterocycles. The Morgan fingerprint density at radius 3 is 1.44 bits per heavy atom. The maximum atomic E-state index is 5.51. The van der Waals surface area contributed by atoms with Gasteiger partial charge in [0.05, 0.1) is 28.1 Å². The summed E-state index contributed by atoms with van der Waals surface area (Å²) in [5, 5.41) is 2.37. The molecule has 0 aliphatic carbocycles. The lowest BCUT2D eigenvalue weighted by Gasteiger charge is -2.18. The van der Waals surface area contributed by atoms with Crippen LogP contribution < -0.4 is 0 Å². The van der Waals surface area contributed by atoms with Gasteiger partial charge in [0.15, 0.2) is 5.82 Å². The lowest BCUT2D eigenvalue weighted by Crippen LogP contribution is -2.06. The van der Waals surface area contributed by atoms with Crippen molar-refractivity contribution < 1.29 is 0 Å². The first-order valence-corrected chi connectivity index (χ1v) is 14.4. The van der Waals surface area contributed by atoms with Crippen LogP contribution in [0.5, 0.6) is 0 Å². The molecule has 0 atom stereocenters. The van der Waals surface area contributed by atoms with E-state index in [2.05, 4.69) is 119 Å². The van der Waals surface area contributed by atoms with Crippen molar-refractivity contribution in [3.63, 3.8) is 0 Å². The van der Waals surface area contributed by atoms with E-state index < -0.39 is 0 Å². The third kappa shape index (κ3) is 4.37. The number of aromatic nitrogens is 4. The molecule has 202 valence electrons. The molecule has 0 saturated heterocycles. The molecule has 0 amide bonds. The Hall–Kier alpha value is -5.87. The molecule has 0 fully saturated rings. The number of pyridine rings is 1. The van der Waals surface area contributed by atoms with Crippen molar-refractivity contribution in [3.05, 3.63) is 158 Å². The van der Waals surface area contributed by atoms with Gasteiger partial charge in [0.1, 0.15) is 5.69 Å². The lowest BCUT2D eigenvalue weighted by atomic mass is 10.0. The van der Waals surface area contributed by atoms with Crippen LogP contribution in [0, 0.1) is 0 Å². The van der Waals surface area contributed by atoms with E-state index in [1.807, 2.05) is 48.7 Å². The minimum Gasteiger partial charge on any atom is -0.292 e. The molecule has 0 aliphatic rings. The number of benzene rings is 5. The highest BCUT2D eigenvalue weighted by molar-refractivity contribution is 6.09. The maximum Gasteiger partial charge on any atom is 0.165 e. The minimum absolute atomic E-state index is 0.793. The summed E-state index contributed by atoms with van der Waals surface area (Å²) in [6, 6.07) is 52.2. The molecule has 4 heteroatoms. The van der Waals surface area contributed by atoms with Gasteiger partial charge < -0.3 is 0 Å². The van der Waals surface area contributed by atoms with Crippen LogP contribution in [0.25, 0.3) is 72.7 Å². The van der Waals surface area contributed by atoms with Crippen LogP contribution in [0.1, 0.15) is 0 Å². The first kappa shape index (κ1) is 24.9. The molecular weight excluding hydrogens is 524 g/mol. The molecule has 0 bridgehead atoms. The van der Waals surface area contributed by atoms with E-state index in [1.54, 1.807) is 0 Å². The number of para-hydroxylation sites is 2. The summed E-state index contributed by atoms with van der Waals surface area (Å²) in [5.74, 6) is 0.793. The van der Waals surface area contributed by atoms with Crippen molar-refractivity contribution >= 4 is 21.8 Å². The van der Waals surface area contributed by atoms with Gasteiger partial charge in [0.25, 0.3) is 0 Å². The van der Waals surface area contributed by atoms with Crippen molar-refractivity contribution in [2.45, 2.75) is 0 Å². The van der Waals surface area contributed by atoms with Gasteiger partial charge in [-0.1, -0.05) is 127 Å². The van der Waals surface area contributed by atoms with Crippen molar-refractivity contribution in [2.24, 2.45) is 0 Å². The Morgan fingerprint density at radius 1 is 0.372 bits per heavy atom. The van der Waals surface area contributed by atoms with Crippen molar-refractivity contribution in [1.82, 2.24) is 19.5 Å². The standard InChI is InChI=1S/C39H26N4/c1-3-13-28(14-4-1)36-37(29-15-5-2-6-16-29)42-39(43-34-20-9-7-17-31(34)32-18-8-10-21-35(32)43)38(41-36)30-24-22-27(23-25-30)33-19-11-12-26-40-33/h1-26H. The fraction of sp³-hybridized carbons (Fsp3) is 0. The molecule has 3 heterocycles. The van der Waals surface area contributed by atoms with Gasteiger partial charge >= 0.3 is 0 Å². The number of nitrogens with zero attached hydrogens (tertiary/aromatic N) is 4. The summed E-state index contributed by atoms with van der Waals surface area (Å²) >= 11 is 0. The zero-order valence-corrected chi connectivity index (χ0v) is 23.3. The molecule has 43 heavy (non-hydrogen) atoms. The van der Waals surface area contributed by atoms with E-state index in [9.17, 15) is 0 Å². The fourth-order valence-electron chi connectivity index (χ4n) is 5.85. The van der Waals surface area contributed by atoms with Crippen LogP contribution in [-0.4, -0.2) is 19.5 Å². The average molecular weight is 551 g/mol. The normalized spacial score (nSPS) is 11.3. The molecule has 0 radical (unpaired) electrons. The largest absolute Gasteiger partial charge is 0.292 e. The van der Waals surface area contributed by atoms with E-state index in [-0.39, 0.29) is 0 Å². The zero-order valence-electron chi connectivity index (χ0n) is 23.3. The Morgan fingerprint density at radius 2 is 0.860 bits per heavy atom. The van der Waals surface area contributed by atoms with Gasteiger partial charge in [-0.3, -0.25) is 9.55 Å². The monoisotopic (exact) mass is 550 g/mol. The highest BCUT2D eigenvalue weighted by atomic mass is 15.1. The highest BCUT2D eigenvalue weighted by Gasteiger charge is 2.22. The first-order chi connectivity index (χ1) is 21.3. The molecular formula is C39H26N4. The molecule has 0 N–H and O–H groups in total. The molecule has 3 aromatic heterocycles. The fourth-order valence-corrected chi connectivity index (χ4v) is 5.85. The number of hydrogen-bond donors (Lipinski definition) is 0. The lowest BCUT2D eigenvalue weighted by molar-refractivity contribution is 1.05. The summed E-state index contributed by atoms with van der Waals surface area (Å²) in [5.41, 5.74) is 9.72. The summed E-state index contributed by atoms with van der Waals surface area (Å²) in [6.07, 6.45) is 1.82.